The molecule has 0 spiro atoms. The average molecular weight is 211 g/mol. The first kappa shape index (κ1) is 8.97. The van der Waals surface area contributed by atoms with E-state index >= 15 is 0 Å². The van der Waals surface area contributed by atoms with Gasteiger partial charge in [-0.25, -0.2) is 4.79 Å². The Kier molecular flexibility index (Phi) is 1.74. The van der Waals surface area contributed by atoms with Crippen molar-refractivity contribution in [3.8, 4) is 0 Å². The van der Waals surface area contributed by atoms with Gasteiger partial charge in [0, 0.05) is 11.6 Å². The number of hydrogen-bond acceptors (Lipinski definition) is 1. The molecule has 1 heterocycles. The first-order valence-corrected chi connectivity index (χ1v) is 4.99. The average Bonchev–Trinajstić information content (AvgIpc) is 2.76. The molecule has 0 saturated carbocycles. The number of carboxylic acid groups (broad SMARTS) is 1. The highest BCUT2D eigenvalue weighted by Gasteiger charge is 2.12. The van der Waals surface area contributed by atoms with E-state index in [2.05, 4.69) is 4.98 Å². The first-order chi connectivity index (χ1) is 7.77. The van der Waals surface area contributed by atoms with E-state index in [0.717, 1.165) is 16.2 Å². The summed E-state index contributed by atoms with van der Waals surface area (Å²) in [5, 5.41) is 12.1. The second-order valence-electron chi connectivity index (χ2n) is 3.72. The van der Waals surface area contributed by atoms with Crippen molar-refractivity contribution in [1.29, 1.82) is 0 Å². The minimum Gasteiger partial charge on any atom is -0.478 e. The molecule has 0 bridgehead atoms. The predicted molar refractivity (Wildman–Crippen MR) is 62.8 cm³/mol. The first-order valence-electron chi connectivity index (χ1n) is 4.99. The molecule has 0 aliphatic heterocycles. The van der Waals surface area contributed by atoms with Crippen LogP contribution >= 0.6 is 0 Å². The maximum absolute atomic E-state index is 11.1. The van der Waals surface area contributed by atoms with E-state index in [1.54, 1.807) is 12.3 Å². The number of aromatic nitrogens is 1. The number of carbonyl (C=O) groups is 1. The van der Waals surface area contributed by atoms with E-state index in [1.807, 2.05) is 30.3 Å². The molecule has 3 heteroatoms. The molecule has 78 valence electrons. The molecule has 0 aliphatic carbocycles. The van der Waals surface area contributed by atoms with Gasteiger partial charge < -0.3 is 10.1 Å². The zero-order valence-corrected chi connectivity index (χ0v) is 8.40. The quantitative estimate of drug-likeness (QED) is 0.650. The minimum absolute atomic E-state index is 0.318. The molecule has 0 amide bonds. The molecule has 0 radical (unpaired) electrons. The largest absolute Gasteiger partial charge is 0.478 e. The van der Waals surface area contributed by atoms with Gasteiger partial charge in [0.05, 0.1) is 11.1 Å². The fourth-order valence-electron chi connectivity index (χ4n) is 2.08. The van der Waals surface area contributed by atoms with Crippen molar-refractivity contribution in [3.63, 3.8) is 0 Å². The second-order valence-corrected chi connectivity index (χ2v) is 3.72. The number of benzene rings is 2. The molecular weight excluding hydrogens is 202 g/mol. The molecule has 0 fully saturated rings. The molecule has 3 rings (SSSR count). The van der Waals surface area contributed by atoms with Gasteiger partial charge in [0.2, 0.25) is 0 Å². The summed E-state index contributed by atoms with van der Waals surface area (Å²) >= 11 is 0. The fraction of sp³-hybridized carbons (Fsp3) is 0. The summed E-state index contributed by atoms with van der Waals surface area (Å²) in [5.74, 6) is -0.904. The summed E-state index contributed by atoms with van der Waals surface area (Å²) < 4.78 is 0. The minimum atomic E-state index is -0.904. The van der Waals surface area contributed by atoms with Crippen LogP contribution in [0.3, 0.4) is 0 Å². The van der Waals surface area contributed by atoms with Crippen LogP contribution in [0.15, 0.2) is 42.6 Å². The molecule has 0 unspecified atom stereocenters. The Labute approximate surface area is 91.3 Å². The molecule has 3 nitrogen and oxygen atoms in total. The molecule has 0 aliphatic rings. The highest BCUT2D eigenvalue weighted by Crippen LogP contribution is 2.27. The Morgan fingerprint density at radius 3 is 2.75 bits per heavy atom. The van der Waals surface area contributed by atoms with Crippen molar-refractivity contribution in [3.05, 3.63) is 48.2 Å². The van der Waals surface area contributed by atoms with Gasteiger partial charge in [-0.05, 0) is 22.9 Å². The number of H-pyrrole nitrogens is 1. The maximum Gasteiger partial charge on any atom is 0.337 e. The third-order valence-electron chi connectivity index (χ3n) is 2.80. The predicted octanol–water partition coefficient (Wildman–Crippen LogP) is 3.02. The van der Waals surface area contributed by atoms with Crippen LogP contribution in [0.5, 0.6) is 0 Å². The number of aromatic carboxylic acids is 1. The molecule has 0 saturated heterocycles. The Balaban J connectivity index is 2.58. The zero-order chi connectivity index (χ0) is 11.1. The fourth-order valence-corrected chi connectivity index (χ4v) is 2.08. The van der Waals surface area contributed by atoms with Gasteiger partial charge in [0.25, 0.3) is 0 Å². The monoisotopic (exact) mass is 211 g/mol. The number of carboxylic acids is 1. The van der Waals surface area contributed by atoms with Gasteiger partial charge in [-0.1, -0.05) is 24.3 Å². The number of hydrogen-bond donors (Lipinski definition) is 2. The van der Waals surface area contributed by atoms with E-state index in [1.165, 1.54) is 0 Å². The number of aromatic amines is 1. The highest BCUT2D eigenvalue weighted by atomic mass is 16.4. The summed E-state index contributed by atoms with van der Waals surface area (Å²) in [6.45, 7) is 0. The van der Waals surface area contributed by atoms with Gasteiger partial charge in [-0.3, -0.25) is 0 Å². The Morgan fingerprint density at radius 2 is 1.94 bits per heavy atom. The lowest BCUT2D eigenvalue weighted by atomic mass is 10.0. The van der Waals surface area contributed by atoms with Crippen molar-refractivity contribution in [2.24, 2.45) is 0 Å². The summed E-state index contributed by atoms with van der Waals surface area (Å²) in [7, 11) is 0. The second kappa shape index (κ2) is 3.10. The van der Waals surface area contributed by atoms with E-state index in [9.17, 15) is 4.79 Å². The topological polar surface area (TPSA) is 53.1 Å². The molecule has 3 aromatic rings. The highest BCUT2D eigenvalue weighted by molar-refractivity contribution is 6.14. The maximum atomic E-state index is 11.1. The van der Waals surface area contributed by atoms with Gasteiger partial charge >= 0.3 is 5.97 Å². The van der Waals surface area contributed by atoms with Crippen LogP contribution in [0.1, 0.15) is 10.4 Å². The lowest BCUT2D eigenvalue weighted by Gasteiger charge is -2.03. The van der Waals surface area contributed by atoms with Crippen molar-refractivity contribution < 1.29 is 9.90 Å². The van der Waals surface area contributed by atoms with Gasteiger partial charge in [-0.2, -0.15) is 0 Å². The Hall–Kier alpha value is -2.29. The molecule has 0 atom stereocenters. The van der Waals surface area contributed by atoms with Crippen LogP contribution in [0.2, 0.25) is 0 Å². The van der Waals surface area contributed by atoms with Crippen LogP contribution in [-0.4, -0.2) is 16.1 Å². The normalized spacial score (nSPS) is 11.0. The number of nitrogens with one attached hydrogen (secondary N) is 1. The molecular formula is C13H9NO2. The summed E-state index contributed by atoms with van der Waals surface area (Å²) in [6, 6.07) is 11.4. The van der Waals surface area contributed by atoms with Crippen LogP contribution in [0, 0.1) is 0 Å². The third kappa shape index (κ3) is 1.11. The molecule has 1 aromatic heterocycles. The van der Waals surface area contributed by atoms with Crippen LogP contribution in [0.4, 0.5) is 0 Å². The van der Waals surface area contributed by atoms with Gasteiger partial charge in [-0.15, -0.1) is 0 Å². The lowest BCUT2D eigenvalue weighted by Crippen LogP contribution is -1.97. The van der Waals surface area contributed by atoms with Gasteiger partial charge in [0.1, 0.15) is 0 Å². The van der Waals surface area contributed by atoms with Crippen molar-refractivity contribution >= 4 is 27.6 Å². The van der Waals surface area contributed by atoms with E-state index in [0.29, 0.717) is 11.1 Å². The molecule has 2 aromatic carbocycles. The van der Waals surface area contributed by atoms with Gasteiger partial charge in [0.15, 0.2) is 0 Å². The lowest BCUT2D eigenvalue weighted by molar-refractivity contribution is 0.0699. The third-order valence-corrected chi connectivity index (χ3v) is 2.80. The van der Waals surface area contributed by atoms with E-state index < -0.39 is 5.97 Å². The van der Waals surface area contributed by atoms with Crippen LogP contribution in [0.25, 0.3) is 21.7 Å². The summed E-state index contributed by atoms with van der Waals surface area (Å²) in [4.78, 5) is 14.1. The van der Waals surface area contributed by atoms with Crippen molar-refractivity contribution in [2.75, 3.05) is 0 Å². The molecule has 2 N–H and O–H groups in total. The zero-order valence-electron chi connectivity index (χ0n) is 8.40. The Bertz CT molecular complexity index is 697. The summed E-state index contributed by atoms with van der Waals surface area (Å²) in [6.07, 6.45) is 1.77. The number of rotatable bonds is 1. The summed E-state index contributed by atoms with van der Waals surface area (Å²) in [5.41, 5.74) is 1.00. The number of fused-ring (bicyclic) bond motifs is 3. The van der Waals surface area contributed by atoms with Crippen LogP contribution in [-0.2, 0) is 0 Å². The SMILES string of the molecule is O=C(O)c1cc2ccccc2c2cc[nH]c12. The standard InChI is InChI=1S/C13H9NO2/c15-13(16)11-7-8-3-1-2-4-9(8)10-5-6-14-12(10)11/h1-7,14H,(H,15,16). The molecule has 16 heavy (non-hydrogen) atoms. The van der Waals surface area contributed by atoms with Crippen molar-refractivity contribution in [2.45, 2.75) is 0 Å². The van der Waals surface area contributed by atoms with Crippen molar-refractivity contribution in [1.82, 2.24) is 4.98 Å². The Morgan fingerprint density at radius 1 is 1.12 bits per heavy atom. The van der Waals surface area contributed by atoms with E-state index in [-0.39, 0.29) is 0 Å². The van der Waals surface area contributed by atoms with Crippen LogP contribution < -0.4 is 0 Å². The van der Waals surface area contributed by atoms with E-state index in [4.69, 9.17) is 5.11 Å². The smallest absolute Gasteiger partial charge is 0.337 e.